The van der Waals surface area contributed by atoms with Crippen LogP contribution in [0.15, 0.2) is 206 Å². The smallest absolute Gasteiger partial charge is 0.204 e. The van der Waals surface area contributed by atoms with E-state index >= 15 is 0 Å². The molecular formula is C50H44N8+4. The van der Waals surface area contributed by atoms with Gasteiger partial charge in [-0.3, -0.25) is 0 Å². The third-order valence-corrected chi connectivity index (χ3v) is 9.37. The molecular weight excluding hydrogens is 713 g/mol. The van der Waals surface area contributed by atoms with Crippen LogP contribution in [0.25, 0.3) is 0 Å². The summed E-state index contributed by atoms with van der Waals surface area (Å²) < 4.78 is 0. The maximum absolute atomic E-state index is 3.94. The second-order valence-corrected chi connectivity index (χ2v) is 13.8. The first-order chi connectivity index (χ1) is 28.5. The van der Waals surface area contributed by atoms with Crippen LogP contribution in [-0.4, -0.2) is 23.9 Å². The van der Waals surface area contributed by atoms with E-state index in [9.17, 15) is 0 Å². The summed E-state index contributed by atoms with van der Waals surface area (Å²) in [6.07, 6.45) is 16.3. The first-order valence-electron chi connectivity index (χ1n) is 19.0. The molecule has 2 aliphatic rings. The molecule has 0 atom stereocenters. The molecule has 0 aromatic heterocycles. The summed E-state index contributed by atoms with van der Waals surface area (Å²) in [5.41, 5.74) is 16.2. The Morgan fingerprint density at radius 1 is 0.276 bits per heavy atom. The minimum atomic E-state index is 0.975. The van der Waals surface area contributed by atoms with Crippen LogP contribution in [0.1, 0.15) is 0 Å². The molecule has 0 fully saturated rings. The van der Waals surface area contributed by atoms with Gasteiger partial charge in [-0.05, 0) is 115 Å². The zero-order chi connectivity index (χ0) is 39.5. The highest BCUT2D eigenvalue weighted by Gasteiger charge is 2.10. The molecule has 0 saturated heterocycles. The lowest BCUT2D eigenvalue weighted by Crippen LogP contribution is -2.68. The average molecular weight is 757 g/mol. The molecule has 280 valence electrons. The van der Waals surface area contributed by atoms with Crippen LogP contribution in [0.5, 0.6) is 0 Å². The van der Waals surface area contributed by atoms with Crippen molar-refractivity contribution in [2.75, 3.05) is 21.3 Å². The minimum Gasteiger partial charge on any atom is -0.356 e. The van der Waals surface area contributed by atoms with Crippen LogP contribution in [0.4, 0.5) is 68.2 Å². The molecule has 0 bridgehead atoms. The van der Waals surface area contributed by atoms with Gasteiger partial charge < -0.3 is 21.3 Å². The van der Waals surface area contributed by atoms with Gasteiger partial charge in [0.05, 0.1) is 0 Å². The molecule has 58 heavy (non-hydrogen) atoms. The lowest BCUT2D eigenvalue weighted by molar-refractivity contribution is -0.353. The van der Waals surface area contributed by atoms with Gasteiger partial charge in [-0.15, -0.1) is 0 Å². The Morgan fingerprint density at radius 3 is 0.724 bits per heavy atom. The molecule has 6 aromatic carbocycles. The van der Waals surface area contributed by atoms with Crippen LogP contribution >= 0.6 is 0 Å². The summed E-state index contributed by atoms with van der Waals surface area (Å²) in [7, 11) is 0. The van der Waals surface area contributed by atoms with Crippen molar-refractivity contribution >= 4 is 92.1 Å². The Bertz CT molecular complexity index is 2590. The molecule has 0 unspecified atom stereocenters. The fourth-order valence-corrected chi connectivity index (χ4v) is 6.25. The van der Waals surface area contributed by atoms with Crippen molar-refractivity contribution in [2.45, 2.75) is 0 Å². The van der Waals surface area contributed by atoms with Gasteiger partial charge in [0.2, 0.25) is 39.9 Å². The van der Waals surface area contributed by atoms with Crippen LogP contribution in [-0.2, 0) is 0 Å². The van der Waals surface area contributed by atoms with Crippen molar-refractivity contribution in [1.82, 2.24) is 0 Å². The number of hydrogen-bond acceptors (Lipinski definition) is 4. The zero-order valence-electron chi connectivity index (χ0n) is 31.9. The van der Waals surface area contributed by atoms with E-state index in [1.54, 1.807) is 0 Å². The SMILES string of the molecule is C=[NH+]c1ccc(Nc2ccc(Nc3ccc([NH+]=C4C=CC(=[NH+]c5ccc(Nc6ccc(Nc7ccc([NH+]=C8C=CC(=C)C=C8)cc7)cc6)cc5)C=C4)cc3)cc2)cc1. The minimum absolute atomic E-state index is 0.975. The Labute approximate surface area is 338 Å². The van der Waals surface area contributed by atoms with Gasteiger partial charge in [0, 0.05) is 130 Å². The molecule has 0 spiro atoms. The summed E-state index contributed by atoms with van der Waals surface area (Å²) in [6, 6.07) is 49.4. The third-order valence-electron chi connectivity index (χ3n) is 9.37. The molecule has 0 amide bonds. The van der Waals surface area contributed by atoms with E-state index in [0.717, 1.165) is 91.0 Å². The molecule has 8 rings (SSSR count). The van der Waals surface area contributed by atoms with Crippen molar-refractivity contribution in [1.29, 1.82) is 0 Å². The highest BCUT2D eigenvalue weighted by atomic mass is 14.9. The van der Waals surface area contributed by atoms with Crippen molar-refractivity contribution in [2.24, 2.45) is 0 Å². The topological polar surface area (TPSA) is 104 Å². The second kappa shape index (κ2) is 17.6. The molecule has 0 heterocycles. The maximum Gasteiger partial charge on any atom is 0.204 e. The molecule has 2 aliphatic carbocycles. The van der Waals surface area contributed by atoms with Gasteiger partial charge in [-0.2, -0.15) is 0 Å². The van der Waals surface area contributed by atoms with Gasteiger partial charge in [0.1, 0.15) is 6.72 Å². The van der Waals surface area contributed by atoms with Crippen LogP contribution in [0, 0.1) is 0 Å². The molecule has 0 aliphatic heterocycles. The van der Waals surface area contributed by atoms with Crippen LogP contribution in [0.3, 0.4) is 0 Å². The van der Waals surface area contributed by atoms with E-state index in [2.05, 4.69) is 200 Å². The lowest BCUT2D eigenvalue weighted by atomic mass is 10.1. The second-order valence-electron chi connectivity index (χ2n) is 13.8. The molecule has 6 aromatic rings. The van der Waals surface area contributed by atoms with E-state index in [0.29, 0.717) is 0 Å². The number of nitrogens with one attached hydrogen (secondary N) is 8. The number of anilines is 8. The van der Waals surface area contributed by atoms with E-state index in [-0.39, 0.29) is 0 Å². The first-order valence-corrected chi connectivity index (χ1v) is 19.0. The van der Waals surface area contributed by atoms with E-state index in [1.807, 2.05) is 48.6 Å². The van der Waals surface area contributed by atoms with Gasteiger partial charge in [-0.1, -0.05) is 6.58 Å². The Morgan fingerprint density at radius 2 is 0.483 bits per heavy atom. The predicted octanol–water partition coefficient (Wildman–Crippen LogP) is 6.04. The van der Waals surface area contributed by atoms with Crippen molar-refractivity contribution in [3.8, 4) is 0 Å². The van der Waals surface area contributed by atoms with Gasteiger partial charge in [-0.25, -0.2) is 20.0 Å². The summed E-state index contributed by atoms with van der Waals surface area (Å²) in [5.74, 6) is 0. The summed E-state index contributed by atoms with van der Waals surface area (Å²) >= 11 is 0. The highest BCUT2D eigenvalue weighted by Crippen LogP contribution is 2.24. The zero-order valence-corrected chi connectivity index (χ0v) is 31.9. The highest BCUT2D eigenvalue weighted by molar-refractivity contribution is 6.15. The van der Waals surface area contributed by atoms with Crippen LogP contribution in [0.2, 0.25) is 0 Å². The van der Waals surface area contributed by atoms with Crippen molar-refractivity contribution < 1.29 is 20.0 Å². The summed E-state index contributed by atoms with van der Waals surface area (Å²) in [4.78, 5) is 13.3. The Balaban J connectivity index is 0.795. The third kappa shape index (κ3) is 10.1. The standard InChI is InChI=1S/C50H40N8/c1-35-3-5-37(6-4-35)52-39-11-13-41(14-12-39)54-43-19-21-45(22-20-43)56-47-27-29-49(30-28-47)58-50-33-31-48(32-34-50)57-46-25-23-44(24-26-46)55-42-17-15-40(16-18-42)53-38-9-7-36(51-2)8-10-38/h3-34,53-56H,1-2H2/p+4. The van der Waals surface area contributed by atoms with Gasteiger partial charge in [0.15, 0.2) is 0 Å². The lowest BCUT2D eigenvalue weighted by Gasteiger charge is -2.09. The predicted molar refractivity (Wildman–Crippen MR) is 242 cm³/mol. The molecule has 0 saturated carbocycles. The fourth-order valence-electron chi connectivity index (χ4n) is 6.25. The molecule has 0 radical (unpaired) electrons. The molecule has 8 heteroatoms. The number of rotatable bonds is 12. The summed E-state index contributed by atoms with van der Waals surface area (Å²) in [6.45, 7) is 7.63. The Kier molecular flexibility index (Phi) is 11.2. The van der Waals surface area contributed by atoms with Crippen molar-refractivity contribution in [3.05, 3.63) is 206 Å². The summed E-state index contributed by atoms with van der Waals surface area (Å²) in [5, 5.41) is 13.9. The van der Waals surface area contributed by atoms with Crippen LogP contribution < -0.4 is 41.2 Å². The number of allylic oxidation sites excluding steroid dienone is 9. The fraction of sp³-hybridized carbons (Fsp3) is 0. The first kappa shape index (κ1) is 36.9. The number of benzene rings is 6. The van der Waals surface area contributed by atoms with E-state index < -0.39 is 0 Å². The molecule has 8 N–H and O–H groups in total. The largest absolute Gasteiger partial charge is 0.356 e. The maximum atomic E-state index is 3.94. The van der Waals surface area contributed by atoms with Gasteiger partial charge in [0.25, 0.3) is 0 Å². The Hall–Kier alpha value is -8.10. The number of hydrogen-bond donors (Lipinski definition) is 8. The molecule has 8 nitrogen and oxygen atoms in total. The van der Waals surface area contributed by atoms with E-state index in [4.69, 9.17) is 0 Å². The van der Waals surface area contributed by atoms with E-state index in [1.165, 1.54) is 0 Å². The normalized spacial score (nSPS) is 12.9. The van der Waals surface area contributed by atoms with Gasteiger partial charge >= 0.3 is 0 Å². The average Bonchev–Trinajstić information content (AvgIpc) is 3.26. The quantitative estimate of drug-likeness (QED) is 0.0577. The van der Waals surface area contributed by atoms with Crippen molar-refractivity contribution in [3.63, 3.8) is 0 Å². The monoisotopic (exact) mass is 756 g/mol.